The van der Waals surface area contributed by atoms with Crippen LogP contribution in [0.25, 0.3) is 0 Å². The Labute approximate surface area is 101 Å². The highest BCUT2D eigenvalue weighted by Gasteiger charge is 2.07. The minimum absolute atomic E-state index is 0.0324. The maximum absolute atomic E-state index is 10.3. The first-order valence-corrected chi connectivity index (χ1v) is 5.16. The fraction of sp³-hybridized carbons (Fsp3) is 0.100. The average Bonchev–Trinajstić information content (AvgIpc) is 2.71. The van der Waals surface area contributed by atoms with Crippen LogP contribution in [0.1, 0.15) is 22.1 Å². The van der Waals surface area contributed by atoms with Gasteiger partial charge in [0, 0.05) is 6.42 Å². The molecule has 0 saturated carbocycles. The molecule has 0 radical (unpaired) electrons. The van der Waals surface area contributed by atoms with E-state index in [0.717, 1.165) is 5.56 Å². The summed E-state index contributed by atoms with van der Waals surface area (Å²) in [5.74, 6) is 0.399. The zero-order chi connectivity index (χ0) is 11.5. The number of aromatic nitrogens is 2. The predicted octanol–water partition coefficient (Wildman–Crippen LogP) is 2.78. The van der Waals surface area contributed by atoms with Gasteiger partial charge in [-0.2, -0.15) is 4.98 Å². The summed E-state index contributed by atoms with van der Waals surface area (Å²) >= 11 is 11.6. The van der Waals surface area contributed by atoms with Gasteiger partial charge in [-0.15, -0.1) is 0 Å². The standard InChI is InChI=1S/C10H6Cl2N2O2/c11-7-2-1-6(3-8(7)12)4-9-13-10(5-15)16-14-9/h1-3,5H,4H2. The first-order chi connectivity index (χ1) is 7.69. The van der Waals surface area contributed by atoms with E-state index in [1.165, 1.54) is 0 Å². The van der Waals surface area contributed by atoms with E-state index < -0.39 is 0 Å². The number of hydrogen-bond donors (Lipinski definition) is 0. The molecular weight excluding hydrogens is 251 g/mol. The molecule has 0 aliphatic carbocycles. The van der Waals surface area contributed by atoms with Gasteiger partial charge in [0.15, 0.2) is 5.82 Å². The molecule has 2 aromatic rings. The fourth-order valence-corrected chi connectivity index (χ4v) is 1.54. The largest absolute Gasteiger partial charge is 0.331 e. The molecule has 0 spiro atoms. The second-order valence-electron chi connectivity index (χ2n) is 3.09. The molecule has 1 heterocycles. The number of nitrogens with zero attached hydrogens (tertiary/aromatic N) is 2. The smallest absolute Gasteiger partial charge is 0.290 e. The zero-order valence-corrected chi connectivity index (χ0v) is 9.50. The van der Waals surface area contributed by atoms with Gasteiger partial charge >= 0.3 is 0 Å². The van der Waals surface area contributed by atoms with Crippen molar-refractivity contribution >= 4 is 29.5 Å². The van der Waals surface area contributed by atoms with Crippen molar-refractivity contribution in [1.82, 2.24) is 10.1 Å². The Morgan fingerprint density at radius 3 is 2.75 bits per heavy atom. The lowest BCUT2D eigenvalue weighted by molar-refractivity contribution is 0.108. The number of halogens is 2. The molecule has 16 heavy (non-hydrogen) atoms. The third kappa shape index (κ3) is 2.40. The topological polar surface area (TPSA) is 56.0 Å². The number of benzene rings is 1. The van der Waals surface area contributed by atoms with Crippen LogP contribution < -0.4 is 0 Å². The molecule has 6 heteroatoms. The van der Waals surface area contributed by atoms with Crippen LogP contribution in [-0.4, -0.2) is 16.4 Å². The fourth-order valence-electron chi connectivity index (χ4n) is 1.22. The predicted molar refractivity (Wildman–Crippen MR) is 59.0 cm³/mol. The molecule has 0 aliphatic heterocycles. The first-order valence-electron chi connectivity index (χ1n) is 4.41. The van der Waals surface area contributed by atoms with Gasteiger partial charge in [-0.05, 0) is 17.7 Å². The minimum atomic E-state index is -0.0324. The third-order valence-electron chi connectivity index (χ3n) is 1.93. The van der Waals surface area contributed by atoms with Crippen LogP contribution in [0.3, 0.4) is 0 Å². The summed E-state index contributed by atoms with van der Waals surface area (Å²) in [6.07, 6.45) is 0.944. The van der Waals surface area contributed by atoms with Crippen molar-refractivity contribution < 1.29 is 9.32 Å². The van der Waals surface area contributed by atoms with Crippen LogP contribution >= 0.6 is 23.2 Å². The van der Waals surface area contributed by atoms with Crippen molar-refractivity contribution in [1.29, 1.82) is 0 Å². The summed E-state index contributed by atoms with van der Waals surface area (Å²) in [4.78, 5) is 14.2. The third-order valence-corrected chi connectivity index (χ3v) is 2.67. The average molecular weight is 257 g/mol. The molecule has 0 aliphatic rings. The van der Waals surface area contributed by atoms with Gasteiger partial charge in [-0.1, -0.05) is 34.4 Å². The van der Waals surface area contributed by atoms with E-state index in [-0.39, 0.29) is 5.89 Å². The van der Waals surface area contributed by atoms with Gasteiger partial charge in [0.1, 0.15) is 0 Å². The number of carbonyl (C=O) groups is 1. The van der Waals surface area contributed by atoms with E-state index in [0.29, 0.717) is 28.6 Å². The Hall–Kier alpha value is -1.39. The SMILES string of the molecule is O=Cc1nc(Cc2ccc(Cl)c(Cl)c2)no1. The molecule has 0 bridgehead atoms. The van der Waals surface area contributed by atoms with E-state index >= 15 is 0 Å². The molecule has 0 N–H and O–H groups in total. The van der Waals surface area contributed by atoms with E-state index in [1.54, 1.807) is 12.1 Å². The van der Waals surface area contributed by atoms with E-state index in [1.807, 2.05) is 6.07 Å². The second kappa shape index (κ2) is 4.63. The summed E-state index contributed by atoms with van der Waals surface area (Å²) in [6, 6.07) is 5.23. The molecule has 82 valence electrons. The molecule has 0 atom stereocenters. The first kappa shape index (κ1) is 11.1. The second-order valence-corrected chi connectivity index (χ2v) is 3.91. The monoisotopic (exact) mass is 256 g/mol. The lowest BCUT2D eigenvalue weighted by atomic mass is 10.1. The number of aldehydes is 1. The summed E-state index contributed by atoms with van der Waals surface area (Å²) in [7, 11) is 0. The van der Waals surface area contributed by atoms with Crippen molar-refractivity contribution in [3.05, 3.63) is 45.5 Å². The molecule has 1 aromatic carbocycles. The van der Waals surface area contributed by atoms with Crippen LogP contribution in [-0.2, 0) is 6.42 Å². The van der Waals surface area contributed by atoms with Gasteiger partial charge in [0.25, 0.3) is 5.89 Å². The highest BCUT2D eigenvalue weighted by Crippen LogP contribution is 2.23. The van der Waals surface area contributed by atoms with Crippen molar-refractivity contribution in [3.8, 4) is 0 Å². The van der Waals surface area contributed by atoms with Crippen molar-refractivity contribution in [3.63, 3.8) is 0 Å². The lowest BCUT2D eigenvalue weighted by Gasteiger charge is -1.99. The van der Waals surface area contributed by atoms with Gasteiger partial charge in [-0.25, -0.2) is 0 Å². The molecule has 0 amide bonds. The maximum atomic E-state index is 10.3. The highest BCUT2D eigenvalue weighted by molar-refractivity contribution is 6.42. The Morgan fingerprint density at radius 1 is 1.31 bits per heavy atom. The molecule has 4 nitrogen and oxygen atoms in total. The molecule has 2 rings (SSSR count). The Kier molecular flexibility index (Phi) is 3.22. The Bertz CT molecular complexity index is 525. The normalized spacial score (nSPS) is 10.4. The molecule has 0 saturated heterocycles. The number of carbonyl (C=O) groups excluding carboxylic acids is 1. The van der Waals surface area contributed by atoms with Crippen LogP contribution in [0, 0.1) is 0 Å². The highest BCUT2D eigenvalue weighted by atomic mass is 35.5. The molecule has 1 aromatic heterocycles. The van der Waals surface area contributed by atoms with E-state index in [9.17, 15) is 4.79 Å². The van der Waals surface area contributed by atoms with Crippen LogP contribution in [0.2, 0.25) is 10.0 Å². The Morgan fingerprint density at radius 2 is 2.12 bits per heavy atom. The zero-order valence-electron chi connectivity index (χ0n) is 7.98. The Balaban J connectivity index is 2.20. The van der Waals surface area contributed by atoms with Crippen molar-refractivity contribution in [2.24, 2.45) is 0 Å². The minimum Gasteiger partial charge on any atom is -0.331 e. The quantitative estimate of drug-likeness (QED) is 0.793. The number of hydrogen-bond acceptors (Lipinski definition) is 4. The lowest BCUT2D eigenvalue weighted by Crippen LogP contribution is -1.91. The summed E-state index contributed by atoms with van der Waals surface area (Å²) in [6.45, 7) is 0. The van der Waals surface area contributed by atoms with Crippen LogP contribution in [0.15, 0.2) is 22.7 Å². The van der Waals surface area contributed by atoms with Gasteiger partial charge < -0.3 is 4.52 Å². The van der Waals surface area contributed by atoms with E-state index in [4.69, 9.17) is 23.2 Å². The van der Waals surface area contributed by atoms with Crippen LogP contribution in [0.5, 0.6) is 0 Å². The summed E-state index contributed by atoms with van der Waals surface area (Å²) < 4.78 is 4.65. The molecular formula is C10H6Cl2N2O2. The maximum Gasteiger partial charge on any atom is 0.290 e. The van der Waals surface area contributed by atoms with E-state index in [2.05, 4.69) is 14.7 Å². The van der Waals surface area contributed by atoms with Crippen LogP contribution in [0.4, 0.5) is 0 Å². The van der Waals surface area contributed by atoms with Gasteiger partial charge in [0.2, 0.25) is 6.29 Å². The number of rotatable bonds is 3. The van der Waals surface area contributed by atoms with Crippen molar-refractivity contribution in [2.75, 3.05) is 0 Å². The summed E-state index contributed by atoms with van der Waals surface area (Å²) in [5.41, 5.74) is 0.896. The van der Waals surface area contributed by atoms with Gasteiger partial charge in [-0.3, -0.25) is 4.79 Å². The van der Waals surface area contributed by atoms with Gasteiger partial charge in [0.05, 0.1) is 10.0 Å². The molecule has 0 unspecified atom stereocenters. The summed E-state index contributed by atoms with van der Waals surface area (Å²) in [5, 5.41) is 4.60. The molecule has 0 fully saturated rings. The van der Waals surface area contributed by atoms with Crippen molar-refractivity contribution in [2.45, 2.75) is 6.42 Å².